The third-order valence-electron chi connectivity index (χ3n) is 5.06. The van der Waals surface area contributed by atoms with Crippen LogP contribution in [-0.2, 0) is 13.5 Å². The molecule has 1 aliphatic heterocycles. The lowest BCUT2D eigenvalue weighted by atomic mass is 9.83. The third-order valence-corrected chi connectivity index (χ3v) is 5.06. The molecule has 1 saturated heterocycles. The van der Waals surface area contributed by atoms with Crippen molar-refractivity contribution >= 4 is 11.5 Å². The molecule has 6 heteroatoms. The van der Waals surface area contributed by atoms with E-state index in [9.17, 15) is 10.1 Å². The summed E-state index contributed by atoms with van der Waals surface area (Å²) < 4.78 is 1.65. The van der Waals surface area contributed by atoms with Gasteiger partial charge in [0.2, 0.25) is 5.82 Å². The molecule has 2 heterocycles. The Balaban J connectivity index is 1.74. The molecule has 1 aliphatic rings. The highest BCUT2D eigenvalue weighted by atomic mass is 16.6. The van der Waals surface area contributed by atoms with Crippen LogP contribution in [0.1, 0.15) is 31.0 Å². The van der Waals surface area contributed by atoms with Crippen molar-refractivity contribution in [3.63, 3.8) is 0 Å². The first-order valence-corrected chi connectivity index (χ1v) is 8.36. The zero-order valence-corrected chi connectivity index (χ0v) is 14.5. The minimum absolute atomic E-state index is 0.143. The van der Waals surface area contributed by atoms with Gasteiger partial charge in [-0.2, -0.15) is 5.10 Å². The number of hydrogen-bond acceptors (Lipinski definition) is 4. The Morgan fingerprint density at radius 1 is 1.33 bits per heavy atom. The van der Waals surface area contributed by atoms with Crippen LogP contribution in [0.5, 0.6) is 0 Å². The lowest BCUT2D eigenvalue weighted by Crippen LogP contribution is -2.27. The van der Waals surface area contributed by atoms with Crippen LogP contribution in [0.25, 0.3) is 0 Å². The molecule has 0 radical (unpaired) electrons. The molecule has 1 aromatic heterocycles. The second kappa shape index (κ2) is 6.26. The molecular weight excluding hydrogens is 304 g/mol. The topological polar surface area (TPSA) is 64.2 Å². The van der Waals surface area contributed by atoms with Crippen molar-refractivity contribution in [2.45, 2.75) is 33.1 Å². The fourth-order valence-corrected chi connectivity index (χ4v) is 3.70. The smallest absolute Gasteiger partial charge is 0.333 e. The molecule has 0 unspecified atom stereocenters. The maximum absolute atomic E-state index is 11.4. The normalized spacial score (nSPS) is 20.5. The lowest BCUT2D eigenvalue weighted by molar-refractivity contribution is -0.384. The molecule has 6 nitrogen and oxygen atoms in total. The van der Waals surface area contributed by atoms with Crippen molar-refractivity contribution in [1.29, 1.82) is 0 Å². The molecular formula is C18H24N4O2. The minimum atomic E-state index is -0.308. The van der Waals surface area contributed by atoms with E-state index in [1.807, 2.05) is 6.07 Å². The van der Waals surface area contributed by atoms with Gasteiger partial charge in [0.05, 0.1) is 4.92 Å². The van der Waals surface area contributed by atoms with Crippen molar-refractivity contribution in [1.82, 2.24) is 9.78 Å². The Kier molecular flexibility index (Phi) is 4.30. The molecule has 1 atom stereocenters. The van der Waals surface area contributed by atoms with E-state index in [1.54, 1.807) is 18.7 Å². The summed E-state index contributed by atoms with van der Waals surface area (Å²) in [7, 11) is 1.79. The molecule has 0 spiro atoms. The molecule has 128 valence electrons. The first-order valence-electron chi connectivity index (χ1n) is 8.36. The fourth-order valence-electron chi connectivity index (χ4n) is 3.70. The van der Waals surface area contributed by atoms with Gasteiger partial charge in [0.25, 0.3) is 0 Å². The van der Waals surface area contributed by atoms with Crippen LogP contribution in [0.2, 0.25) is 0 Å². The number of nitrogens with zero attached hydrogens (tertiary/aromatic N) is 4. The maximum atomic E-state index is 11.4. The number of aryl methyl sites for hydroxylation is 3. The molecule has 3 rings (SSSR count). The zero-order chi connectivity index (χ0) is 17.3. The highest BCUT2D eigenvalue weighted by molar-refractivity contribution is 5.62. The van der Waals surface area contributed by atoms with Gasteiger partial charge in [0, 0.05) is 20.1 Å². The van der Waals surface area contributed by atoms with Crippen LogP contribution >= 0.6 is 0 Å². The first-order chi connectivity index (χ1) is 11.4. The van der Waals surface area contributed by atoms with Crippen molar-refractivity contribution in [3.8, 4) is 0 Å². The quantitative estimate of drug-likeness (QED) is 0.622. The van der Waals surface area contributed by atoms with E-state index >= 15 is 0 Å². The largest absolute Gasteiger partial charge is 0.351 e. The van der Waals surface area contributed by atoms with E-state index < -0.39 is 0 Å². The fraction of sp³-hybridized carbons (Fsp3) is 0.500. The van der Waals surface area contributed by atoms with Gasteiger partial charge in [-0.05, 0) is 37.2 Å². The lowest BCUT2D eigenvalue weighted by Gasteiger charge is -2.25. The van der Waals surface area contributed by atoms with Gasteiger partial charge >= 0.3 is 5.69 Å². The summed E-state index contributed by atoms with van der Waals surface area (Å²) in [6.07, 6.45) is 3.16. The summed E-state index contributed by atoms with van der Waals surface area (Å²) in [5.74, 6) is 0.640. The predicted molar refractivity (Wildman–Crippen MR) is 94.3 cm³/mol. The van der Waals surface area contributed by atoms with Crippen LogP contribution in [0, 0.1) is 22.5 Å². The second-order valence-corrected chi connectivity index (χ2v) is 7.11. The number of nitro groups is 1. The molecule has 0 N–H and O–H groups in total. The average molecular weight is 328 g/mol. The molecule has 0 aliphatic carbocycles. The summed E-state index contributed by atoms with van der Waals surface area (Å²) in [5, 5.41) is 15.7. The Hall–Kier alpha value is -2.37. The number of hydrogen-bond donors (Lipinski definition) is 0. The van der Waals surface area contributed by atoms with Gasteiger partial charge in [-0.15, -0.1) is 0 Å². The van der Waals surface area contributed by atoms with E-state index in [4.69, 9.17) is 0 Å². The highest BCUT2D eigenvalue weighted by Gasteiger charge is 2.38. The van der Waals surface area contributed by atoms with Crippen molar-refractivity contribution in [2.24, 2.45) is 12.5 Å². The summed E-state index contributed by atoms with van der Waals surface area (Å²) in [6, 6.07) is 10.5. The average Bonchev–Trinajstić information content (AvgIpc) is 3.06. The van der Waals surface area contributed by atoms with Crippen LogP contribution < -0.4 is 4.90 Å². The molecule has 0 saturated carbocycles. The highest BCUT2D eigenvalue weighted by Crippen LogP contribution is 2.40. The van der Waals surface area contributed by atoms with Crippen molar-refractivity contribution < 1.29 is 4.92 Å². The molecule has 24 heavy (non-hydrogen) atoms. The Bertz CT molecular complexity index is 741. The SMILES string of the molecule is Cc1nn(C)c(N2CC[C@](C)(CCc3ccccc3)C2)c1[N+](=O)[O-]. The van der Waals surface area contributed by atoms with Gasteiger partial charge in [-0.25, -0.2) is 4.68 Å². The predicted octanol–water partition coefficient (Wildman–Crippen LogP) is 3.49. The summed E-state index contributed by atoms with van der Waals surface area (Å²) in [5.41, 5.74) is 2.14. The molecule has 0 bridgehead atoms. The van der Waals surface area contributed by atoms with Crippen LogP contribution in [-0.4, -0.2) is 27.8 Å². The molecule has 1 fully saturated rings. The number of benzene rings is 1. The van der Waals surface area contributed by atoms with Crippen molar-refractivity contribution in [3.05, 3.63) is 51.7 Å². The van der Waals surface area contributed by atoms with Crippen LogP contribution in [0.4, 0.5) is 11.5 Å². The molecule has 1 aromatic carbocycles. The Morgan fingerprint density at radius 3 is 2.71 bits per heavy atom. The second-order valence-electron chi connectivity index (χ2n) is 7.11. The van der Waals surface area contributed by atoms with E-state index in [2.05, 4.69) is 41.2 Å². The number of rotatable bonds is 5. The monoisotopic (exact) mass is 328 g/mol. The molecule has 2 aromatic rings. The van der Waals surface area contributed by atoms with Gasteiger partial charge in [0.15, 0.2) is 0 Å². The van der Waals surface area contributed by atoms with E-state index in [1.165, 1.54) is 5.56 Å². The maximum Gasteiger partial charge on any atom is 0.333 e. The van der Waals surface area contributed by atoms with Gasteiger partial charge < -0.3 is 4.90 Å². The van der Waals surface area contributed by atoms with Crippen molar-refractivity contribution in [2.75, 3.05) is 18.0 Å². The summed E-state index contributed by atoms with van der Waals surface area (Å²) in [6.45, 7) is 5.65. The van der Waals surface area contributed by atoms with E-state index in [0.29, 0.717) is 11.5 Å². The van der Waals surface area contributed by atoms with E-state index in [0.717, 1.165) is 32.4 Å². The zero-order valence-electron chi connectivity index (χ0n) is 14.5. The summed E-state index contributed by atoms with van der Waals surface area (Å²) in [4.78, 5) is 13.2. The Morgan fingerprint density at radius 2 is 2.04 bits per heavy atom. The third kappa shape index (κ3) is 3.13. The first kappa shape index (κ1) is 16.5. The van der Waals surface area contributed by atoms with E-state index in [-0.39, 0.29) is 16.0 Å². The van der Waals surface area contributed by atoms with Gasteiger partial charge in [-0.1, -0.05) is 37.3 Å². The Labute approximate surface area is 142 Å². The van der Waals surface area contributed by atoms with Crippen LogP contribution in [0.3, 0.4) is 0 Å². The number of aromatic nitrogens is 2. The summed E-state index contributed by atoms with van der Waals surface area (Å²) >= 11 is 0. The number of anilines is 1. The minimum Gasteiger partial charge on any atom is -0.351 e. The molecule has 0 amide bonds. The van der Waals surface area contributed by atoms with Crippen LogP contribution in [0.15, 0.2) is 30.3 Å². The standard InChI is InChI=1S/C18H24N4O2/c1-14-16(22(23)24)17(20(3)19-14)21-12-11-18(2,13-21)10-9-15-7-5-4-6-8-15/h4-8H,9-13H2,1-3H3/t18-/m0/s1. The van der Waals surface area contributed by atoms with Gasteiger partial charge in [0.1, 0.15) is 5.69 Å². The van der Waals surface area contributed by atoms with Gasteiger partial charge in [-0.3, -0.25) is 10.1 Å².